The molecule has 0 unspecified atom stereocenters. The Bertz CT molecular complexity index is 1250. The van der Waals surface area contributed by atoms with Crippen molar-refractivity contribution in [1.82, 2.24) is 10.2 Å². The molecule has 1 saturated heterocycles. The van der Waals surface area contributed by atoms with Crippen molar-refractivity contribution >= 4 is 29.1 Å². The molecule has 7 nitrogen and oxygen atoms in total. The fourth-order valence-electron chi connectivity index (χ4n) is 4.32. The third-order valence-corrected chi connectivity index (χ3v) is 6.34. The van der Waals surface area contributed by atoms with Gasteiger partial charge in [-0.3, -0.25) is 14.4 Å². The van der Waals surface area contributed by atoms with Crippen molar-refractivity contribution in [3.8, 4) is 0 Å². The standard InChI is InChI=1S/C29H32N4O3/c1-20-12-14-22(15-13-20)18-31-28(35)23-9-3-4-10-24(23)32-26(34)19-30-25-11-7-8-21(2)27(25)29(36)33-16-5-6-17-33/h3-4,7-15,30H,5-6,16-19H2,1-2H3,(H,31,35)(H,32,34). The van der Waals surface area contributed by atoms with Gasteiger partial charge in [-0.15, -0.1) is 0 Å². The highest BCUT2D eigenvalue weighted by Crippen LogP contribution is 2.24. The van der Waals surface area contributed by atoms with Crippen LogP contribution in [0.25, 0.3) is 0 Å². The minimum absolute atomic E-state index is 0.0101. The third-order valence-electron chi connectivity index (χ3n) is 6.34. The third kappa shape index (κ3) is 6.10. The largest absolute Gasteiger partial charge is 0.375 e. The first-order valence-corrected chi connectivity index (χ1v) is 12.3. The van der Waals surface area contributed by atoms with E-state index >= 15 is 0 Å². The zero-order valence-corrected chi connectivity index (χ0v) is 20.8. The molecule has 0 spiro atoms. The van der Waals surface area contributed by atoms with E-state index in [2.05, 4.69) is 16.0 Å². The van der Waals surface area contributed by atoms with Gasteiger partial charge in [0.25, 0.3) is 11.8 Å². The summed E-state index contributed by atoms with van der Waals surface area (Å²) in [5, 5.41) is 8.86. The molecule has 3 N–H and O–H groups in total. The van der Waals surface area contributed by atoms with Crippen molar-refractivity contribution in [2.45, 2.75) is 33.2 Å². The number of para-hydroxylation sites is 1. The number of benzene rings is 3. The van der Waals surface area contributed by atoms with Crippen LogP contribution < -0.4 is 16.0 Å². The maximum atomic E-state index is 13.1. The zero-order chi connectivity index (χ0) is 25.5. The number of rotatable bonds is 8. The first-order chi connectivity index (χ1) is 17.4. The Balaban J connectivity index is 1.39. The molecular formula is C29H32N4O3. The topological polar surface area (TPSA) is 90.5 Å². The van der Waals surface area contributed by atoms with Gasteiger partial charge in [-0.1, -0.05) is 54.1 Å². The quantitative estimate of drug-likeness (QED) is 0.439. The van der Waals surface area contributed by atoms with E-state index in [4.69, 9.17) is 0 Å². The second-order valence-electron chi connectivity index (χ2n) is 9.11. The van der Waals surface area contributed by atoms with E-state index in [0.717, 1.165) is 42.6 Å². The molecule has 1 aliphatic rings. The van der Waals surface area contributed by atoms with Crippen LogP contribution in [-0.4, -0.2) is 42.3 Å². The van der Waals surface area contributed by atoms with Crippen molar-refractivity contribution < 1.29 is 14.4 Å². The van der Waals surface area contributed by atoms with Crippen molar-refractivity contribution in [3.63, 3.8) is 0 Å². The smallest absolute Gasteiger partial charge is 0.256 e. The van der Waals surface area contributed by atoms with Gasteiger partial charge in [0.2, 0.25) is 5.91 Å². The lowest BCUT2D eigenvalue weighted by atomic mass is 10.0. The number of anilines is 2. The van der Waals surface area contributed by atoms with Gasteiger partial charge in [0.1, 0.15) is 0 Å². The minimum Gasteiger partial charge on any atom is -0.375 e. The van der Waals surface area contributed by atoms with E-state index in [0.29, 0.717) is 29.0 Å². The molecule has 3 aromatic rings. The zero-order valence-electron chi connectivity index (χ0n) is 20.8. The lowest BCUT2D eigenvalue weighted by molar-refractivity contribution is -0.114. The first kappa shape index (κ1) is 25.0. The molecule has 3 amide bonds. The summed E-state index contributed by atoms with van der Waals surface area (Å²) in [5.41, 5.74) is 5.07. The highest BCUT2D eigenvalue weighted by Gasteiger charge is 2.23. The number of carbonyl (C=O) groups excluding carboxylic acids is 3. The maximum absolute atomic E-state index is 13.1. The van der Waals surface area contributed by atoms with Gasteiger partial charge in [0.05, 0.1) is 23.4 Å². The number of likely N-dealkylation sites (tertiary alicyclic amines) is 1. The fraction of sp³-hybridized carbons (Fsp3) is 0.276. The molecule has 1 heterocycles. The van der Waals surface area contributed by atoms with Crippen LogP contribution in [0.5, 0.6) is 0 Å². The molecule has 0 bridgehead atoms. The number of amides is 3. The Kier molecular flexibility index (Phi) is 8.00. The molecule has 0 saturated carbocycles. The minimum atomic E-state index is -0.310. The summed E-state index contributed by atoms with van der Waals surface area (Å²) in [5.74, 6) is -0.587. The summed E-state index contributed by atoms with van der Waals surface area (Å²) in [7, 11) is 0. The molecule has 1 aliphatic heterocycles. The van der Waals surface area contributed by atoms with E-state index in [1.54, 1.807) is 24.3 Å². The number of hydrogen-bond acceptors (Lipinski definition) is 4. The van der Waals surface area contributed by atoms with Gasteiger partial charge in [-0.25, -0.2) is 0 Å². The van der Waals surface area contributed by atoms with Gasteiger partial charge in [-0.05, 0) is 56.0 Å². The number of carbonyl (C=O) groups is 3. The first-order valence-electron chi connectivity index (χ1n) is 12.3. The van der Waals surface area contributed by atoms with Crippen LogP contribution >= 0.6 is 0 Å². The summed E-state index contributed by atoms with van der Waals surface area (Å²) in [6.07, 6.45) is 2.03. The molecule has 3 aromatic carbocycles. The molecule has 0 aromatic heterocycles. The Morgan fingerprint density at radius 3 is 2.28 bits per heavy atom. The SMILES string of the molecule is Cc1ccc(CNC(=O)c2ccccc2NC(=O)CNc2cccc(C)c2C(=O)N2CCCC2)cc1. The Labute approximate surface area is 211 Å². The number of nitrogens with one attached hydrogen (secondary N) is 3. The van der Waals surface area contributed by atoms with Crippen molar-refractivity contribution in [3.05, 3.63) is 94.5 Å². The van der Waals surface area contributed by atoms with E-state index in [1.807, 2.05) is 61.2 Å². The van der Waals surface area contributed by atoms with E-state index in [-0.39, 0.29) is 24.3 Å². The molecule has 0 radical (unpaired) electrons. The molecule has 1 fully saturated rings. The van der Waals surface area contributed by atoms with Crippen molar-refractivity contribution in [1.29, 1.82) is 0 Å². The average Bonchev–Trinajstić information content (AvgIpc) is 3.42. The van der Waals surface area contributed by atoms with Crippen LogP contribution in [0.2, 0.25) is 0 Å². The van der Waals surface area contributed by atoms with E-state index < -0.39 is 0 Å². The predicted molar refractivity (Wildman–Crippen MR) is 142 cm³/mol. The van der Waals surface area contributed by atoms with Crippen LogP contribution in [0.3, 0.4) is 0 Å². The molecule has 186 valence electrons. The summed E-state index contributed by atoms with van der Waals surface area (Å²) in [4.78, 5) is 40.5. The predicted octanol–water partition coefficient (Wildman–Crippen LogP) is 4.52. The number of hydrogen-bond donors (Lipinski definition) is 3. The average molecular weight is 485 g/mol. The normalized spacial score (nSPS) is 12.8. The summed E-state index contributed by atoms with van der Waals surface area (Å²) >= 11 is 0. The van der Waals surface area contributed by atoms with Gasteiger partial charge < -0.3 is 20.9 Å². The second kappa shape index (κ2) is 11.5. The van der Waals surface area contributed by atoms with Gasteiger partial charge in [0.15, 0.2) is 0 Å². The molecule has 0 aliphatic carbocycles. The van der Waals surface area contributed by atoms with E-state index in [1.165, 1.54) is 0 Å². The van der Waals surface area contributed by atoms with E-state index in [9.17, 15) is 14.4 Å². The van der Waals surface area contributed by atoms with Crippen LogP contribution in [0, 0.1) is 13.8 Å². The van der Waals surface area contributed by atoms with Gasteiger partial charge in [-0.2, -0.15) is 0 Å². The molecular weight excluding hydrogens is 452 g/mol. The van der Waals surface area contributed by atoms with Crippen LogP contribution in [0.15, 0.2) is 66.7 Å². The van der Waals surface area contributed by atoms with Crippen LogP contribution in [0.4, 0.5) is 11.4 Å². The van der Waals surface area contributed by atoms with Crippen molar-refractivity contribution in [2.24, 2.45) is 0 Å². The maximum Gasteiger partial charge on any atom is 0.256 e. The Morgan fingerprint density at radius 1 is 0.833 bits per heavy atom. The molecule has 36 heavy (non-hydrogen) atoms. The lowest BCUT2D eigenvalue weighted by Gasteiger charge is -2.20. The fourth-order valence-corrected chi connectivity index (χ4v) is 4.32. The number of nitrogens with zero attached hydrogens (tertiary/aromatic N) is 1. The monoisotopic (exact) mass is 484 g/mol. The Morgan fingerprint density at radius 2 is 1.53 bits per heavy atom. The van der Waals surface area contributed by atoms with Crippen molar-refractivity contribution in [2.75, 3.05) is 30.3 Å². The molecule has 7 heteroatoms. The van der Waals surface area contributed by atoms with Gasteiger partial charge in [0, 0.05) is 25.3 Å². The summed E-state index contributed by atoms with van der Waals surface area (Å²) in [6, 6.07) is 20.5. The number of aryl methyl sites for hydroxylation is 2. The second-order valence-corrected chi connectivity index (χ2v) is 9.11. The summed E-state index contributed by atoms with van der Waals surface area (Å²) < 4.78 is 0. The summed E-state index contributed by atoms with van der Waals surface area (Å²) in [6.45, 7) is 5.79. The Hall–Kier alpha value is -4.13. The highest BCUT2D eigenvalue weighted by molar-refractivity contribution is 6.05. The molecule has 4 rings (SSSR count). The van der Waals surface area contributed by atoms with Crippen LogP contribution in [0.1, 0.15) is 50.2 Å². The lowest BCUT2D eigenvalue weighted by Crippen LogP contribution is -2.30. The van der Waals surface area contributed by atoms with Crippen LogP contribution in [-0.2, 0) is 11.3 Å². The van der Waals surface area contributed by atoms with Gasteiger partial charge >= 0.3 is 0 Å². The highest BCUT2D eigenvalue weighted by atomic mass is 16.2. The molecule has 0 atom stereocenters.